The van der Waals surface area contributed by atoms with Crippen LogP contribution in [0.15, 0.2) is 54.6 Å². The van der Waals surface area contributed by atoms with Crippen molar-refractivity contribution in [2.45, 2.75) is 38.6 Å². The van der Waals surface area contributed by atoms with Crippen molar-refractivity contribution in [1.29, 1.82) is 0 Å². The number of carboxylic acid groups (broad SMARTS) is 1. The van der Waals surface area contributed by atoms with E-state index >= 15 is 0 Å². The third kappa shape index (κ3) is 5.70. The minimum atomic E-state index is -1.06. The Balaban J connectivity index is 1.15. The molecule has 1 fully saturated rings. The van der Waals surface area contributed by atoms with E-state index in [2.05, 4.69) is 20.9 Å². The number of nitrogens with zero attached hydrogens (tertiary/aromatic N) is 5. The first kappa shape index (κ1) is 26.4. The smallest absolute Gasteiger partial charge is 0.354 e. The number of aromatic nitrogens is 4. The van der Waals surface area contributed by atoms with Crippen LogP contribution >= 0.6 is 11.6 Å². The monoisotopic (exact) mass is 563 g/mol. The normalized spacial score (nSPS) is 17.4. The zero-order chi connectivity index (χ0) is 27.6. The lowest BCUT2D eigenvalue weighted by atomic mass is 10.0. The van der Waals surface area contributed by atoms with Crippen LogP contribution in [0.25, 0.3) is 16.7 Å². The molecule has 2 aliphatic heterocycles. The standard InChI is InChI=1S/C29H27ClFN5O4/c30-20-5-4-19(22(31)14-20)17-40-27-3-1-2-23(33-27)18-8-11-35(12-9-18)16-26-32-24-6-7-25(29(37)38)34-28(24)36(26)15-21-10-13-39-21/h1-8,14,21H,9-13,15-17H2,(H,37,38)/t21-/m0/s1. The largest absolute Gasteiger partial charge is 0.477 e. The Kier molecular flexibility index (Phi) is 7.46. The van der Waals surface area contributed by atoms with Crippen LogP contribution in [0.1, 0.15) is 40.4 Å². The number of hydrogen-bond acceptors (Lipinski definition) is 7. The van der Waals surface area contributed by atoms with E-state index in [1.165, 1.54) is 12.1 Å². The molecule has 1 saturated heterocycles. The number of pyridine rings is 2. The molecule has 1 atom stereocenters. The Morgan fingerprint density at radius 1 is 1.18 bits per heavy atom. The summed E-state index contributed by atoms with van der Waals surface area (Å²) in [6, 6.07) is 13.3. The average Bonchev–Trinajstić information content (AvgIpc) is 3.26. The van der Waals surface area contributed by atoms with Gasteiger partial charge in [0.25, 0.3) is 0 Å². The van der Waals surface area contributed by atoms with E-state index in [-0.39, 0.29) is 18.4 Å². The van der Waals surface area contributed by atoms with Crippen LogP contribution in [0.2, 0.25) is 5.02 Å². The first-order chi connectivity index (χ1) is 19.4. The van der Waals surface area contributed by atoms with Gasteiger partial charge in [0, 0.05) is 36.3 Å². The molecule has 0 radical (unpaired) electrons. The van der Waals surface area contributed by atoms with Gasteiger partial charge in [-0.15, -0.1) is 0 Å². The Labute approximate surface area is 234 Å². The Hall–Kier alpha value is -3.86. The number of halogens is 2. The molecule has 3 aromatic heterocycles. The highest BCUT2D eigenvalue weighted by Gasteiger charge is 2.24. The van der Waals surface area contributed by atoms with E-state index in [9.17, 15) is 14.3 Å². The van der Waals surface area contributed by atoms with Crippen molar-refractivity contribution in [2.75, 3.05) is 19.7 Å². The number of aromatic carboxylic acids is 1. The molecule has 0 aliphatic carbocycles. The minimum Gasteiger partial charge on any atom is -0.477 e. The van der Waals surface area contributed by atoms with Gasteiger partial charge in [0.1, 0.15) is 23.8 Å². The van der Waals surface area contributed by atoms with Gasteiger partial charge in [0.2, 0.25) is 5.88 Å². The quantitative estimate of drug-likeness (QED) is 0.304. The van der Waals surface area contributed by atoms with Crippen molar-refractivity contribution >= 4 is 34.3 Å². The number of imidazole rings is 1. The Bertz CT molecular complexity index is 1600. The summed E-state index contributed by atoms with van der Waals surface area (Å²) in [5.74, 6) is -0.216. The Morgan fingerprint density at radius 2 is 2.05 bits per heavy atom. The molecule has 40 heavy (non-hydrogen) atoms. The van der Waals surface area contributed by atoms with Crippen molar-refractivity contribution in [2.24, 2.45) is 0 Å². The summed E-state index contributed by atoms with van der Waals surface area (Å²) in [7, 11) is 0. The van der Waals surface area contributed by atoms with Gasteiger partial charge in [0.15, 0.2) is 11.3 Å². The molecule has 0 bridgehead atoms. The number of benzene rings is 1. The molecule has 206 valence electrons. The van der Waals surface area contributed by atoms with Gasteiger partial charge in [0.05, 0.1) is 24.9 Å². The number of carboxylic acids is 1. The summed E-state index contributed by atoms with van der Waals surface area (Å²) >= 11 is 5.83. The van der Waals surface area contributed by atoms with Gasteiger partial charge in [-0.25, -0.2) is 24.1 Å². The van der Waals surface area contributed by atoms with Gasteiger partial charge in [-0.3, -0.25) is 4.90 Å². The van der Waals surface area contributed by atoms with E-state index < -0.39 is 11.8 Å². The fraction of sp³-hybridized carbons (Fsp3) is 0.310. The predicted molar refractivity (Wildman–Crippen MR) is 147 cm³/mol. The van der Waals surface area contributed by atoms with E-state index in [0.717, 1.165) is 43.1 Å². The lowest BCUT2D eigenvalue weighted by Crippen LogP contribution is -2.34. The third-order valence-electron chi connectivity index (χ3n) is 7.17. The first-order valence-corrected chi connectivity index (χ1v) is 13.5. The maximum atomic E-state index is 14.1. The second-order valence-electron chi connectivity index (χ2n) is 9.86. The van der Waals surface area contributed by atoms with Crippen LogP contribution in [0, 0.1) is 5.82 Å². The van der Waals surface area contributed by atoms with Gasteiger partial charge in [-0.2, -0.15) is 0 Å². The van der Waals surface area contributed by atoms with Crippen LogP contribution in [-0.4, -0.2) is 61.3 Å². The van der Waals surface area contributed by atoms with Crippen LogP contribution in [-0.2, 0) is 24.4 Å². The van der Waals surface area contributed by atoms with Crippen molar-refractivity contribution in [3.8, 4) is 5.88 Å². The molecule has 1 aromatic carbocycles. The SMILES string of the molecule is O=C(O)c1ccc2nc(CN3CC=C(c4cccc(OCc5ccc(Cl)cc5F)n4)CC3)n(C[C@@H]3CCO3)c2n1. The summed E-state index contributed by atoms with van der Waals surface area (Å²) < 4.78 is 27.5. The van der Waals surface area contributed by atoms with E-state index in [4.69, 9.17) is 26.1 Å². The Morgan fingerprint density at radius 3 is 2.77 bits per heavy atom. The highest BCUT2D eigenvalue weighted by Crippen LogP contribution is 2.26. The van der Waals surface area contributed by atoms with Crippen molar-refractivity contribution in [1.82, 2.24) is 24.4 Å². The predicted octanol–water partition coefficient (Wildman–Crippen LogP) is 4.97. The highest BCUT2D eigenvalue weighted by atomic mass is 35.5. The summed E-state index contributed by atoms with van der Waals surface area (Å²) in [6.07, 6.45) is 3.97. The van der Waals surface area contributed by atoms with Crippen molar-refractivity contribution in [3.63, 3.8) is 0 Å². The second-order valence-corrected chi connectivity index (χ2v) is 10.3. The number of fused-ring (bicyclic) bond motifs is 1. The van der Waals surface area contributed by atoms with E-state index in [0.29, 0.717) is 47.3 Å². The van der Waals surface area contributed by atoms with Gasteiger partial charge < -0.3 is 19.1 Å². The molecule has 0 amide bonds. The zero-order valence-corrected chi connectivity index (χ0v) is 22.4. The lowest BCUT2D eigenvalue weighted by molar-refractivity contribution is -0.0592. The molecule has 5 heterocycles. The molecule has 0 saturated carbocycles. The van der Waals surface area contributed by atoms with Gasteiger partial charge in [-0.1, -0.05) is 29.8 Å². The highest BCUT2D eigenvalue weighted by molar-refractivity contribution is 6.30. The zero-order valence-electron chi connectivity index (χ0n) is 21.6. The van der Waals surface area contributed by atoms with Gasteiger partial charge in [-0.05, 0) is 48.7 Å². The second kappa shape index (κ2) is 11.3. The number of carbonyl (C=O) groups is 1. The van der Waals surface area contributed by atoms with Crippen LogP contribution in [0.4, 0.5) is 4.39 Å². The fourth-order valence-electron chi connectivity index (χ4n) is 4.86. The molecule has 0 spiro atoms. The van der Waals surface area contributed by atoms with E-state index in [1.54, 1.807) is 24.3 Å². The number of hydrogen-bond donors (Lipinski definition) is 1. The van der Waals surface area contributed by atoms with Crippen LogP contribution in [0.5, 0.6) is 5.88 Å². The molecular formula is C29H27ClFN5O4. The molecular weight excluding hydrogens is 537 g/mol. The van der Waals surface area contributed by atoms with Crippen molar-refractivity contribution < 1.29 is 23.8 Å². The molecule has 2 aliphatic rings. The maximum absolute atomic E-state index is 14.1. The number of ether oxygens (including phenoxy) is 2. The maximum Gasteiger partial charge on any atom is 0.354 e. The summed E-state index contributed by atoms with van der Waals surface area (Å²) in [5, 5.41) is 9.76. The topological polar surface area (TPSA) is 103 Å². The molecule has 9 nitrogen and oxygen atoms in total. The minimum absolute atomic E-state index is 0.00251. The molecule has 4 aromatic rings. The van der Waals surface area contributed by atoms with Gasteiger partial charge >= 0.3 is 5.97 Å². The molecule has 1 N–H and O–H groups in total. The summed E-state index contributed by atoms with van der Waals surface area (Å²) in [6.45, 7) is 3.48. The molecule has 0 unspecified atom stereocenters. The van der Waals surface area contributed by atoms with Crippen LogP contribution < -0.4 is 4.74 Å². The summed E-state index contributed by atoms with van der Waals surface area (Å²) in [5.41, 5.74) is 3.59. The fourth-order valence-corrected chi connectivity index (χ4v) is 5.02. The lowest BCUT2D eigenvalue weighted by Gasteiger charge is -2.29. The molecule has 6 rings (SSSR count). The summed E-state index contributed by atoms with van der Waals surface area (Å²) in [4.78, 5) is 27.6. The number of rotatable bonds is 9. The first-order valence-electron chi connectivity index (χ1n) is 13.1. The van der Waals surface area contributed by atoms with Crippen LogP contribution in [0.3, 0.4) is 0 Å². The van der Waals surface area contributed by atoms with Crippen molar-refractivity contribution in [3.05, 3.63) is 88.2 Å². The average molecular weight is 564 g/mol. The third-order valence-corrected chi connectivity index (χ3v) is 7.41. The molecule has 11 heteroatoms. The van der Waals surface area contributed by atoms with E-state index in [1.807, 2.05) is 16.7 Å².